The normalized spacial score (nSPS) is 18.4. The summed E-state index contributed by atoms with van der Waals surface area (Å²) in [7, 11) is 0. The van der Waals surface area contributed by atoms with Crippen LogP contribution in [0.25, 0.3) is 0 Å². The Morgan fingerprint density at radius 1 is 1.32 bits per heavy atom. The number of hydrogen-bond acceptors (Lipinski definition) is 3. The quantitative estimate of drug-likeness (QED) is 0.334. The molecule has 1 aliphatic heterocycles. The van der Waals surface area contributed by atoms with E-state index in [1.165, 1.54) is 11.3 Å². The average Bonchev–Trinajstić information content (AvgIpc) is 3.06. The summed E-state index contributed by atoms with van der Waals surface area (Å²) in [5.74, 6) is 2.02. The predicted molar refractivity (Wildman–Crippen MR) is 94.7 cm³/mol. The van der Waals surface area contributed by atoms with Gasteiger partial charge in [-0.25, -0.2) is 0 Å². The van der Waals surface area contributed by atoms with E-state index in [1.807, 2.05) is 11.8 Å². The summed E-state index contributed by atoms with van der Waals surface area (Å²) in [5.41, 5.74) is 0. The van der Waals surface area contributed by atoms with Gasteiger partial charge in [-0.1, -0.05) is 18.2 Å². The Labute approximate surface area is 138 Å². The lowest BCUT2D eigenvalue weighted by Gasteiger charge is -2.12. The average molecular weight is 321 g/mol. The van der Waals surface area contributed by atoms with Crippen LogP contribution >= 0.6 is 11.8 Å². The molecule has 1 aromatic carbocycles. The molecule has 2 rings (SSSR count). The van der Waals surface area contributed by atoms with E-state index in [0.717, 1.165) is 50.8 Å². The highest BCUT2D eigenvalue weighted by molar-refractivity contribution is 7.99. The minimum absolute atomic E-state index is 0.309. The number of benzene rings is 1. The molecule has 1 fully saturated rings. The first kappa shape index (κ1) is 17.2. The molecule has 0 spiro atoms. The molecule has 1 aromatic rings. The molecule has 4 nitrogen and oxygen atoms in total. The number of nitrogens with zero attached hydrogens (tertiary/aromatic N) is 1. The second kappa shape index (κ2) is 10.5. The van der Waals surface area contributed by atoms with Crippen LogP contribution in [-0.4, -0.2) is 44.1 Å². The maximum Gasteiger partial charge on any atom is 0.191 e. The predicted octanol–water partition coefficient (Wildman–Crippen LogP) is 2.90. The lowest BCUT2D eigenvalue weighted by atomic mass is 10.2. The van der Waals surface area contributed by atoms with Gasteiger partial charge in [-0.3, -0.25) is 4.99 Å². The third-order valence-corrected chi connectivity index (χ3v) is 4.55. The zero-order valence-corrected chi connectivity index (χ0v) is 14.2. The summed E-state index contributed by atoms with van der Waals surface area (Å²) in [6, 6.07) is 10.5. The summed E-state index contributed by atoms with van der Waals surface area (Å²) in [6.45, 7) is 5.57. The van der Waals surface area contributed by atoms with Crippen molar-refractivity contribution in [3.63, 3.8) is 0 Å². The zero-order chi connectivity index (χ0) is 15.5. The summed E-state index contributed by atoms with van der Waals surface area (Å²) in [4.78, 5) is 5.95. The molecule has 2 N–H and O–H groups in total. The molecule has 122 valence electrons. The summed E-state index contributed by atoms with van der Waals surface area (Å²) in [5, 5.41) is 6.69. The SMILES string of the molecule is CCNC(=NCC1CCCO1)NCCCSc1ccccc1. The second-order valence-corrected chi connectivity index (χ2v) is 6.46. The first-order valence-electron chi connectivity index (χ1n) is 8.20. The number of nitrogens with one attached hydrogen (secondary N) is 2. The van der Waals surface area contributed by atoms with Gasteiger partial charge < -0.3 is 15.4 Å². The van der Waals surface area contributed by atoms with Crippen LogP contribution in [0.5, 0.6) is 0 Å². The van der Waals surface area contributed by atoms with Crippen LogP contribution in [0.3, 0.4) is 0 Å². The molecule has 22 heavy (non-hydrogen) atoms. The summed E-state index contributed by atoms with van der Waals surface area (Å²) < 4.78 is 5.61. The number of ether oxygens (including phenoxy) is 1. The van der Waals surface area contributed by atoms with Crippen molar-refractivity contribution in [3.05, 3.63) is 30.3 Å². The van der Waals surface area contributed by atoms with Crippen LogP contribution in [0, 0.1) is 0 Å². The van der Waals surface area contributed by atoms with E-state index in [-0.39, 0.29) is 0 Å². The maximum absolute atomic E-state index is 5.61. The number of thioether (sulfide) groups is 1. The molecular weight excluding hydrogens is 294 g/mol. The second-order valence-electron chi connectivity index (χ2n) is 5.30. The Hall–Kier alpha value is -1.20. The fourth-order valence-corrected chi connectivity index (χ4v) is 3.18. The highest BCUT2D eigenvalue weighted by Gasteiger charge is 2.14. The molecule has 1 heterocycles. The Kier molecular flexibility index (Phi) is 8.20. The van der Waals surface area contributed by atoms with E-state index < -0.39 is 0 Å². The molecule has 1 atom stereocenters. The van der Waals surface area contributed by atoms with Gasteiger partial charge in [0.1, 0.15) is 0 Å². The molecule has 0 aliphatic carbocycles. The van der Waals surface area contributed by atoms with E-state index in [9.17, 15) is 0 Å². The van der Waals surface area contributed by atoms with Crippen LogP contribution in [-0.2, 0) is 4.74 Å². The van der Waals surface area contributed by atoms with Crippen molar-refractivity contribution < 1.29 is 4.74 Å². The molecule has 0 amide bonds. The molecule has 1 saturated heterocycles. The lowest BCUT2D eigenvalue weighted by molar-refractivity contribution is 0.117. The van der Waals surface area contributed by atoms with Crippen LogP contribution < -0.4 is 10.6 Å². The van der Waals surface area contributed by atoms with E-state index in [4.69, 9.17) is 4.74 Å². The number of aliphatic imine (C=N–C) groups is 1. The molecular formula is C17H27N3OS. The van der Waals surface area contributed by atoms with E-state index in [1.54, 1.807) is 0 Å². The van der Waals surface area contributed by atoms with Crippen molar-refractivity contribution in [3.8, 4) is 0 Å². The maximum atomic E-state index is 5.61. The standard InChI is InChI=1S/C17H27N3OS/c1-2-18-17(20-14-15-8-6-12-21-15)19-11-7-13-22-16-9-4-3-5-10-16/h3-5,9-10,15H,2,6-8,11-14H2,1H3,(H2,18,19,20). The first-order valence-corrected chi connectivity index (χ1v) is 9.18. The van der Waals surface area contributed by atoms with Crippen molar-refractivity contribution in [2.75, 3.05) is 32.0 Å². The largest absolute Gasteiger partial charge is 0.376 e. The molecule has 0 saturated carbocycles. The number of rotatable bonds is 8. The van der Waals surface area contributed by atoms with Gasteiger partial charge in [0, 0.05) is 24.6 Å². The summed E-state index contributed by atoms with van der Waals surface area (Å²) >= 11 is 1.90. The fraction of sp³-hybridized carbons (Fsp3) is 0.588. The van der Waals surface area contributed by atoms with Crippen molar-refractivity contribution in [2.24, 2.45) is 4.99 Å². The van der Waals surface area contributed by atoms with Gasteiger partial charge in [0.25, 0.3) is 0 Å². The van der Waals surface area contributed by atoms with Crippen LogP contribution in [0.4, 0.5) is 0 Å². The Morgan fingerprint density at radius 2 is 2.18 bits per heavy atom. The van der Waals surface area contributed by atoms with Gasteiger partial charge in [-0.15, -0.1) is 11.8 Å². The van der Waals surface area contributed by atoms with Gasteiger partial charge in [-0.05, 0) is 44.1 Å². The third-order valence-electron chi connectivity index (χ3n) is 3.45. The van der Waals surface area contributed by atoms with Crippen LogP contribution in [0.15, 0.2) is 40.2 Å². The zero-order valence-electron chi connectivity index (χ0n) is 13.4. The summed E-state index contributed by atoms with van der Waals surface area (Å²) in [6.07, 6.45) is 3.73. The number of guanidine groups is 1. The monoisotopic (exact) mass is 321 g/mol. The van der Waals surface area contributed by atoms with Crippen molar-refractivity contribution in [1.29, 1.82) is 0 Å². The topological polar surface area (TPSA) is 45.7 Å². The fourth-order valence-electron chi connectivity index (χ4n) is 2.31. The molecule has 0 radical (unpaired) electrons. The van der Waals surface area contributed by atoms with E-state index in [0.29, 0.717) is 6.10 Å². The highest BCUT2D eigenvalue weighted by atomic mass is 32.2. The van der Waals surface area contributed by atoms with Crippen molar-refractivity contribution in [2.45, 2.75) is 37.2 Å². The number of hydrogen-bond donors (Lipinski definition) is 2. The minimum Gasteiger partial charge on any atom is -0.376 e. The Morgan fingerprint density at radius 3 is 2.91 bits per heavy atom. The molecule has 0 bridgehead atoms. The van der Waals surface area contributed by atoms with Crippen LogP contribution in [0.1, 0.15) is 26.2 Å². The van der Waals surface area contributed by atoms with Crippen molar-refractivity contribution in [1.82, 2.24) is 10.6 Å². The third kappa shape index (κ3) is 6.71. The Balaban J connectivity index is 1.62. The molecule has 1 unspecified atom stereocenters. The van der Waals surface area contributed by atoms with Crippen molar-refractivity contribution >= 4 is 17.7 Å². The van der Waals surface area contributed by atoms with Crippen LogP contribution in [0.2, 0.25) is 0 Å². The lowest BCUT2D eigenvalue weighted by Crippen LogP contribution is -2.38. The molecule has 0 aromatic heterocycles. The van der Waals surface area contributed by atoms with Gasteiger partial charge in [0.15, 0.2) is 5.96 Å². The van der Waals surface area contributed by atoms with Gasteiger partial charge in [0.2, 0.25) is 0 Å². The van der Waals surface area contributed by atoms with Gasteiger partial charge >= 0.3 is 0 Å². The Bertz CT molecular complexity index is 433. The highest BCUT2D eigenvalue weighted by Crippen LogP contribution is 2.17. The minimum atomic E-state index is 0.309. The molecule has 1 aliphatic rings. The molecule has 5 heteroatoms. The smallest absolute Gasteiger partial charge is 0.191 e. The van der Waals surface area contributed by atoms with Gasteiger partial charge in [0.05, 0.1) is 12.6 Å². The van der Waals surface area contributed by atoms with E-state index in [2.05, 4.69) is 52.9 Å². The van der Waals surface area contributed by atoms with Gasteiger partial charge in [-0.2, -0.15) is 0 Å². The van der Waals surface area contributed by atoms with E-state index >= 15 is 0 Å². The first-order chi connectivity index (χ1) is 10.9.